The van der Waals surface area contributed by atoms with Gasteiger partial charge in [0.15, 0.2) is 0 Å². The van der Waals surface area contributed by atoms with Gasteiger partial charge in [-0.2, -0.15) is 5.10 Å². The maximum atomic E-state index is 10.9. The number of aromatic nitrogens is 2. The molecule has 0 saturated carbocycles. The monoisotopic (exact) mass is 231 g/mol. The first-order chi connectivity index (χ1) is 6.81. The van der Waals surface area contributed by atoms with Crippen LogP contribution in [-0.2, 0) is 23.5 Å². The third-order valence-corrected chi connectivity index (χ3v) is 3.13. The van der Waals surface area contributed by atoms with Crippen LogP contribution in [0, 0.1) is 13.8 Å². The van der Waals surface area contributed by atoms with Crippen molar-refractivity contribution < 1.29 is 8.42 Å². The van der Waals surface area contributed by atoms with Gasteiger partial charge in [-0.3, -0.25) is 4.68 Å². The Morgan fingerprint density at radius 2 is 2.00 bits per heavy atom. The number of hydrogen-bond donors (Lipinski definition) is 1. The topological polar surface area (TPSA) is 64.0 Å². The zero-order valence-electron chi connectivity index (χ0n) is 9.53. The molecule has 0 aliphatic heterocycles. The lowest BCUT2D eigenvalue weighted by Gasteiger charge is -2.03. The van der Waals surface area contributed by atoms with E-state index >= 15 is 0 Å². The molecule has 0 amide bonds. The zero-order valence-corrected chi connectivity index (χ0v) is 10.3. The van der Waals surface area contributed by atoms with Crippen LogP contribution in [-0.4, -0.2) is 31.0 Å². The van der Waals surface area contributed by atoms with Gasteiger partial charge in [0, 0.05) is 19.3 Å². The molecule has 1 heterocycles. The SMILES string of the molecule is Cc1nn(C)c(C)c1CCNS(C)(=O)=O. The Bertz CT molecular complexity index is 448. The van der Waals surface area contributed by atoms with Crippen LogP contribution in [0.1, 0.15) is 17.0 Å². The molecular weight excluding hydrogens is 214 g/mol. The molecule has 1 aromatic rings. The second-order valence-electron chi connectivity index (χ2n) is 3.69. The van der Waals surface area contributed by atoms with Gasteiger partial charge in [-0.15, -0.1) is 0 Å². The highest BCUT2D eigenvalue weighted by Crippen LogP contribution is 2.11. The summed E-state index contributed by atoms with van der Waals surface area (Å²) in [6.45, 7) is 4.34. The van der Waals surface area contributed by atoms with E-state index in [1.807, 2.05) is 25.6 Å². The fraction of sp³-hybridized carbons (Fsp3) is 0.667. The second-order valence-corrected chi connectivity index (χ2v) is 5.52. The third-order valence-electron chi connectivity index (χ3n) is 2.40. The van der Waals surface area contributed by atoms with Crippen molar-refractivity contribution in [2.45, 2.75) is 20.3 Å². The molecule has 6 heteroatoms. The maximum absolute atomic E-state index is 10.9. The number of nitrogens with one attached hydrogen (secondary N) is 1. The first kappa shape index (κ1) is 12.2. The molecule has 0 fully saturated rings. The van der Waals surface area contributed by atoms with E-state index in [1.165, 1.54) is 0 Å². The van der Waals surface area contributed by atoms with Crippen molar-refractivity contribution in [3.8, 4) is 0 Å². The van der Waals surface area contributed by atoms with Gasteiger partial charge in [0.25, 0.3) is 0 Å². The van der Waals surface area contributed by atoms with Crippen molar-refractivity contribution >= 4 is 10.0 Å². The minimum atomic E-state index is -3.09. The molecule has 1 N–H and O–H groups in total. The average Bonchev–Trinajstić information content (AvgIpc) is 2.29. The van der Waals surface area contributed by atoms with E-state index in [4.69, 9.17) is 0 Å². The molecule has 0 unspecified atom stereocenters. The Morgan fingerprint density at radius 1 is 1.40 bits per heavy atom. The molecule has 15 heavy (non-hydrogen) atoms. The molecule has 5 nitrogen and oxygen atoms in total. The van der Waals surface area contributed by atoms with Gasteiger partial charge in [0.1, 0.15) is 0 Å². The first-order valence-corrected chi connectivity index (χ1v) is 6.64. The molecule has 0 bridgehead atoms. The lowest BCUT2D eigenvalue weighted by atomic mass is 10.1. The quantitative estimate of drug-likeness (QED) is 0.801. The highest BCUT2D eigenvalue weighted by molar-refractivity contribution is 7.88. The normalized spacial score (nSPS) is 12.0. The van der Waals surface area contributed by atoms with E-state index in [1.54, 1.807) is 0 Å². The fourth-order valence-electron chi connectivity index (χ4n) is 1.54. The van der Waals surface area contributed by atoms with Crippen LogP contribution in [0.5, 0.6) is 0 Å². The van der Waals surface area contributed by atoms with Gasteiger partial charge in [-0.05, 0) is 25.8 Å². The number of aryl methyl sites for hydroxylation is 2. The summed E-state index contributed by atoms with van der Waals surface area (Å²) < 4.78 is 26.0. The highest BCUT2D eigenvalue weighted by Gasteiger charge is 2.09. The smallest absolute Gasteiger partial charge is 0.208 e. The van der Waals surface area contributed by atoms with E-state index in [2.05, 4.69) is 9.82 Å². The predicted molar refractivity (Wildman–Crippen MR) is 59.2 cm³/mol. The molecule has 0 aliphatic rings. The van der Waals surface area contributed by atoms with Gasteiger partial charge in [-0.1, -0.05) is 0 Å². The summed E-state index contributed by atoms with van der Waals surface area (Å²) in [5.41, 5.74) is 3.17. The molecule has 0 aromatic carbocycles. The van der Waals surface area contributed by atoms with E-state index in [9.17, 15) is 8.42 Å². The molecule has 1 aromatic heterocycles. The lowest BCUT2D eigenvalue weighted by Crippen LogP contribution is -2.24. The Kier molecular flexibility index (Phi) is 3.51. The first-order valence-electron chi connectivity index (χ1n) is 4.75. The largest absolute Gasteiger partial charge is 0.272 e. The lowest BCUT2D eigenvalue weighted by molar-refractivity contribution is 0.587. The van der Waals surface area contributed by atoms with E-state index in [0.717, 1.165) is 23.2 Å². The maximum Gasteiger partial charge on any atom is 0.208 e. The summed E-state index contributed by atoms with van der Waals surface area (Å²) in [4.78, 5) is 0. The Hall–Kier alpha value is -0.880. The van der Waals surface area contributed by atoms with Crippen LogP contribution in [0.4, 0.5) is 0 Å². The Labute approximate surface area is 90.5 Å². The highest BCUT2D eigenvalue weighted by atomic mass is 32.2. The van der Waals surface area contributed by atoms with E-state index in [-0.39, 0.29) is 0 Å². The average molecular weight is 231 g/mol. The van der Waals surface area contributed by atoms with Gasteiger partial charge in [0.05, 0.1) is 11.9 Å². The molecule has 0 saturated heterocycles. The molecule has 86 valence electrons. The third kappa shape index (κ3) is 3.32. The van der Waals surface area contributed by atoms with Crippen LogP contribution in [0.2, 0.25) is 0 Å². The standard InChI is InChI=1S/C9H17N3O2S/c1-7-9(8(2)12(3)11-7)5-6-10-15(4,13)14/h10H,5-6H2,1-4H3. The van der Waals surface area contributed by atoms with Crippen LogP contribution in [0.25, 0.3) is 0 Å². The van der Waals surface area contributed by atoms with Gasteiger partial charge in [0.2, 0.25) is 10.0 Å². The van der Waals surface area contributed by atoms with Gasteiger partial charge in [-0.25, -0.2) is 13.1 Å². The van der Waals surface area contributed by atoms with E-state index in [0.29, 0.717) is 13.0 Å². The molecule has 0 aliphatic carbocycles. The molecule has 0 radical (unpaired) electrons. The molecule has 0 spiro atoms. The summed E-state index contributed by atoms with van der Waals surface area (Å²) in [7, 11) is -1.21. The second kappa shape index (κ2) is 4.32. The van der Waals surface area contributed by atoms with E-state index < -0.39 is 10.0 Å². The number of rotatable bonds is 4. The zero-order chi connectivity index (χ0) is 11.6. The van der Waals surface area contributed by atoms with Crippen molar-refractivity contribution in [2.75, 3.05) is 12.8 Å². The molecule has 1 rings (SSSR count). The van der Waals surface area contributed by atoms with Crippen molar-refractivity contribution in [1.82, 2.24) is 14.5 Å². The van der Waals surface area contributed by atoms with Crippen molar-refractivity contribution in [2.24, 2.45) is 7.05 Å². The van der Waals surface area contributed by atoms with Crippen LogP contribution < -0.4 is 4.72 Å². The van der Waals surface area contributed by atoms with Crippen LogP contribution >= 0.6 is 0 Å². The van der Waals surface area contributed by atoms with Crippen molar-refractivity contribution in [1.29, 1.82) is 0 Å². The van der Waals surface area contributed by atoms with Gasteiger partial charge >= 0.3 is 0 Å². The summed E-state index contributed by atoms with van der Waals surface area (Å²) in [6, 6.07) is 0. The summed E-state index contributed by atoms with van der Waals surface area (Å²) in [6.07, 6.45) is 1.84. The van der Waals surface area contributed by atoms with Crippen molar-refractivity contribution in [3.05, 3.63) is 17.0 Å². The Balaban J connectivity index is 2.66. The van der Waals surface area contributed by atoms with Crippen LogP contribution in [0.3, 0.4) is 0 Å². The van der Waals surface area contributed by atoms with Crippen LogP contribution in [0.15, 0.2) is 0 Å². The summed E-state index contributed by atoms with van der Waals surface area (Å²) in [5, 5.41) is 4.27. The van der Waals surface area contributed by atoms with Gasteiger partial charge < -0.3 is 0 Å². The molecular formula is C9H17N3O2S. The summed E-state index contributed by atoms with van der Waals surface area (Å²) >= 11 is 0. The minimum absolute atomic E-state index is 0.423. The minimum Gasteiger partial charge on any atom is -0.272 e. The molecule has 0 atom stereocenters. The number of sulfonamides is 1. The fourth-order valence-corrected chi connectivity index (χ4v) is 2.01. The van der Waals surface area contributed by atoms with Crippen molar-refractivity contribution in [3.63, 3.8) is 0 Å². The summed E-state index contributed by atoms with van der Waals surface area (Å²) in [5.74, 6) is 0. The number of nitrogens with zero attached hydrogens (tertiary/aromatic N) is 2. The Morgan fingerprint density at radius 3 is 2.40 bits per heavy atom. The number of hydrogen-bond acceptors (Lipinski definition) is 3. The predicted octanol–water partition coefficient (Wildman–Crippen LogP) is 0.129.